The average molecular weight is 488 g/mol. The number of carbonyl (C=O) groups is 3. The summed E-state index contributed by atoms with van der Waals surface area (Å²) in [5.41, 5.74) is 4.33. The lowest BCUT2D eigenvalue weighted by Gasteiger charge is -2.28. The molecule has 0 saturated carbocycles. The molecule has 7 heteroatoms. The Hall–Kier alpha value is -3.71. The van der Waals surface area contributed by atoms with Crippen LogP contribution in [0.5, 0.6) is 0 Å². The molecular formula is C29H33N3O4. The van der Waals surface area contributed by atoms with Crippen LogP contribution in [0.4, 0.5) is 4.79 Å². The third-order valence-corrected chi connectivity index (χ3v) is 7.16. The molecule has 3 amide bonds. The molecule has 1 aliphatic heterocycles. The molecular weight excluding hydrogens is 454 g/mol. The molecule has 36 heavy (non-hydrogen) atoms. The number of carbonyl (C=O) groups excluding carboxylic acids is 3. The van der Waals surface area contributed by atoms with E-state index in [-0.39, 0.29) is 12.3 Å². The van der Waals surface area contributed by atoms with Crippen LogP contribution in [0.3, 0.4) is 0 Å². The predicted molar refractivity (Wildman–Crippen MR) is 138 cm³/mol. The van der Waals surface area contributed by atoms with Gasteiger partial charge in [0.05, 0.1) is 6.54 Å². The number of ether oxygens (including phenoxy) is 1. The first kappa shape index (κ1) is 25.4. The number of ketones is 1. The zero-order valence-corrected chi connectivity index (χ0v) is 21.6. The van der Waals surface area contributed by atoms with Gasteiger partial charge in [-0.25, -0.2) is 4.79 Å². The third kappa shape index (κ3) is 4.35. The monoisotopic (exact) mass is 487 g/mol. The smallest absolute Gasteiger partial charge is 0.325 e. The first-order valence-electron chi connectivity index (χ1n) is 12.2. The van der Waals surface area contributed by atoms with E-state index in [0.29, 0.717) is 23.3 Å². The van der Waals surface area contributed by atoms with Crippen LogP contribution in [0, 0.1) is 27.7 Å². The second-order valence-corrected chi connectivity index (χ2v) is 9.44. The van der Waals surface area contributed by atoms with Gasteiger partial charge in [0.1, 0.15) is 0 Å². The van der Waals surface area contributed by atoms with Crippen LogP contribution in [0.25, 0.3) is 0 Å². The van der Waals surface area contributed by atoms with Gasteiger partial charge in [-0.1, -0.05) is 48.5 Å². The number of imide groups is 1. The lowest BCUT2D eigenvalue weighted by atomic mass is 9.81. The Bertz CT molecular complexity index is 1310. The van der Waals surface area contributed by atoms with Crippen LogP contribution in [0.2, 0.25) is 0 Å². The fourth-order valence-corrected chi connectivity index (χ4v) is 4.96. The number of rotatable bonds is 9. The van der Waals surface area contributed by atoms with E-state index in [2.05, 4.69) is 9.88 Å². The van der Waals surface area contributed by atoms with Gasteiger partial charge in [0.2, 0.25) is 0 Å². The molecule has 0 spiro atoms. The molecule has 1 aromatic heterocycles. The summed E-state index contributed by atoms with van der Waals surface area (Å²) in [7, 11) is 1.66. The highest BCUT2D eigenvalue weighted by molar-refractivity contribution is 6.13. The normalized spacial score (nSPS) is 17.5. The van der Waals surface area contributed by atoms with Crippen molar-refractivity contribution in [3.05, 3.63) is 93.8 Å². The Morgan fingerprint density at radius 3 is 2.33 bits per heavy atom. The Kier molecular flexibility index (Phi) is 7.13. The maximum Gasteiger partial charge on any atom is 0.325 e. The van der Waals surface area contributed by atoms with Crippen molar-refractivity contribution in [3.8, 4) is 0 Å². The van der Waals surface area contributed by atoms with Crippen molar-refractivity contribution < 1.29 is 19.1 Å². The van der Waals surface area contributed by atoms with E-state index in [0.717, 1.165) is 40.4 Å². The molecule has 7 nitrogen and oxygen atoms in total. The van der Waals surface area contributed by atoms with E-state index < -0.39 is 17.5 Å². The number of hydrogen-bond donors (Lipinski definition) is 1. The number of urea groups is 1. The minimum Gasteiger partial charge on any atom is -0.385 e. The first-order chi connectivity index (χ1) is 17.2. The molecule has 0 radical (unpaired) electrons. The maximum absolute atomic E-state index is 14.0. The lowest BCUT2D eigenvalue weighted by molar-refractivity contribution is -0.129. The van der Waals surface area contributed by atoms with Crippen molar-refractivity contribution in [3.63, 3.8) is 0 Å². The molecule has 4 rings (SSSR count). The highest BCUT2D eigenvalue weighted by atomic mass is 16.5. The number of nitrogens with one attached hydrogen (secondary N) is 1. The summed E-state index contributed by atoms with van der Waals surface area (Å²) in [5.74, 6) is -0.724. The molecule has 1 fully saturated rings. The third-order valence-electron chi connectivity index (χ3n) is 7.16. The van der Waals surface area contributed by atoms with Crippen molar-refractivity contribution in [2.45, 2.75) is 46.2 Å². The van der Waals surface area contributed by atoms with E-state index in [9.17, 15) is 14.4 Å². The summed E-state index contributed by atoms with van der Waals surface area (Å²) < 4.78 is 7.22. The van der Waals surface area contributed by atoms with Gasteiger partial charge in [-0.15, -0.1) is 0 Å². The average Bonchev–Trinajstić information content (AvgIpc) is 3.29. The van der Waals surface area contributed by atoms with E-state index in [1.807, 2.05) is 82.3 Å². The lowest BCUT2D eigenvalue weighted by Crippen LogP contribution is -2.45. The van der Waals surface area contributed by atoms with Crippen LogP contribution < -0.4 is 5.32 Å². The highest BCUT2D eigenvalue weighted by Crippen LogP contribution is 2.37. The highest BCUT2D eigenvalue weighted by Gasteiger charge is 2.54. The molecule has 188 valence electrons. The van der Waals surface area contributed by atoms with Crippen LogP contribution in [0.15, 0.2) is 54.6 Å². The molecule has 0 bridgehead atoms. The van der Waals surface area contributed by atoms with Crippen molar-refractivity contribution in [1.82, 2.24) is 14.8 Å². The quantitative estimate of drug-likeness (QED) is 0.275. The topological polar surface area (TPSA) is 80.6 Å². The molecule has 0 aliphatic carbocycles. The van der Waals surface area contributed by atoms with Gasteiger partial charge >= 0.3 is 6.03 Å². The van der Waals surface area contributed by atoms with Gasteiger partial charge in [0, 0.05) is 37.2 Å². The molecule has 1 atom stereocenters. The number of nitrogens with zero attached hydrogens (tertiary/aromatic N) is 2. The van der Waals surface area contributed by atoms with E-state index in [1.165, 1.54) is 0 Å². The van der Waals surface area contributed by atoms with Crippen LogP contribution in [-0.2, 0) is 21.6 Å². The Labute approximate surface area is 212 Å². The SMILES string of the molecule is COCCCn1c(C)cc(C(=O)CN2C(=O)N[C@@](c3ccccc3)(c3ccc(C)c(C)c3)C2=O)c1C. The summed E-state index contributed by atoms with van der Waals surface area (Å²) in [6.45, 7) is 8.84. The van der Waals surface area contributed by atoms with Crippen LogP contribution >= 0.6 is 0 Å². The minimum absolute atomic E-state index is 0.270. The Morgan fingerprint density at radius 1 is 0.944 bits per heavy atom. The summed E-state index contributed by atoms with van der Waals surface area (Å²) in [4.78, 5) is 41.6. The Morgan fingerprint density at radius 2 is 1.67 bits per heavy atom. The fourth-order valence-electron chi connectivity index (χ4n) is 4.96. The van der Waals surface area contributed by atoms with Crippen molar-refractivity contribution in [2.75, 3.05) is 20.3 Å². The van der Waals surface area contributed by atoms with Gasteiger partial charge in [-0.2, -0.15) is 0 Å². The molecule has 1 aliphatic rings. The fraction of sp³-hybridized carbons (Fsp3) is 0.345. The van der Waals surface area contributed by atoms with Crippen LogP contribution in [0.1, 0.15) is 50.4 Å². The first-order valence-corrected chi connectivity index (χ1v) is 12.2. The van der Waals surface area contributed by atoms with E-state index >= 15 is 0 Å². The molecule has 3 aromatic rings. The molecule has 2 aromatic carbocycles. The number of methoxy groups -OCH3 is 1. The molecule has 2 heterocycles. The van der Waals surface area contributed by atoms with Gasteiger partial charge < -0.3 is 14.6 Å². The number of aromatic nitrogens is 1. The van der Waals surface area contributed by atoms with Gasteiger partial charge in [0.15, 0.2) is 11.3 Å². The number of amides is 3. The van der Waals surface area contributed by atoms with E-state index in [1.54, 1.807) is 7.11 Å². The summed E-state index contributed by atoms with van der Waals surface area (Å²) in [6.07, 6.45) is 0.822. The summed E-state index contributed by atoms with van der Waals surface area (Å²) in [6, 6.07) is 16.2. The predicted octanol–water partition coefficient (Wildman–Crippen LogP) is 4.44. The Balaban J connectivity index is 1.68. The molecule has 1 saturated heterocycles. The van der Waals surface area contributed by atoms with Gasteiger partial charge in [-0.3, -0.25) is 14.5 Å². The number of benzene rings is 2. The zero-order valence-electron chi connectivity index (χ0n) is 21.6. The maximum atomic E-state index is 14.0. The van der Waals surface area contributed by atoms with Gasteiger partial charge in [-0.05, 0) is 62.4 Å². The number of aryl methyl sites for hydroxylation is 3. The zero-order chi connectivity index (χ0) is 26.0. The summed E-state index contributed by atoms with van der Waals surface area (Å²) >= 11 is 0. The summed E-state index contributed by atoms with van der Waals surface area (Å²) in [5, 5.41) is 2.94. The second kappa shape index (κ2) is 10.1. The van der Waals surface area contributed by atoms with Crippen molar-refractivity contribution in [2.24, 2.45) is 0 Å². The second-order valence-electron chi connectivity index (χ2n) is 9.44. The minimum atomic E-state index is -1.39. The number of hydrogen-bond acceptors (Lipinski definition) is 4. The largest absolute Gasteiger partial charge is 0.385 e. The standard InChI is InChI=1S/C29H33N3O4/c1-19-12-13-24(16-20(19)2)29(23-10-7-6-8-11-23)27(34)32(28(35)30-29)18-26(33)25-17-21(3)31(22(25)4)14-9-15-36-5/h6-8,10-13,16-17H,9,14-15,18H2,1-5H3,(H,30,35)/t29-/m0/s1. The number of Topliss-reactive ketones (excluding diaryl/α,β-unsaturated/α-hetero) is 1. The molecule has 0 unspecified atom stereocenters. The molecule has 1 N–H and O–H groups in total. The van der Waals surface area contributed by atoms with Crippen molar-refractivity contribution >= 4 is 17.7 Å². The van der Waals surface area contributed by atoms with E-state index in [4.69, 9.17) is 4.74 Å². The van der Waals surface area contributed by atoms with Gasteiger partial charge in [0.25, 0.3) is 5.91 Å². The van der Waals surface area contributed by atoms with Crippen molar-refractivity contribution in [1.29, 1.82) is 0 Å². The van der Waals surface area contributed by atoms with Crippen LogP contribution in [-0.4, -0.2) is 47.4 Å².